The smallest absolute Gasteiger partial charge is 0.327 e. The number of nitrogens with two attached hydrogens (primary N) is 2. The Morgan fingerprint density at radius 1 is 0.591 bits per heavy atom. The molecular formula is C23H39N7O12S2. The number of amides is 5. The maximum Gasteiger partial charge on any atom is 0.327 e. The number of nitrogens with one attached hydrogen (secondary N) is 5. The first-order valence-corrected chi connectivity index (χ1v) is 14.3. The molecule has 250 valence electrons. The molecule has 0 saturated heterocycles. The predicted molar refractivity (Wildman–Crippen MR) is 157 cm³/mol. The van der Waals surface area contributed by atoms with E-state index < -0.39 is 103 Å². The van der Waals surface area contributed by atoms with Gasteiger partial charge >= 0.3 is 17.9 Å². The summed E-state index contributed by atoms with van der Waals surface area (Å²) in [6.45, 7) is -0.763. The summed E-state index contributed by atoms with van der Waals surface area (Å²) in [6, 6.07) is -9.43. The van der Waals surface area contributed by atoms with Crippen LogP contribution in [0.4, 0.5) is 0 Å². The van der Waals surface area contributed by atoms with Crippen LogP contribution in [0.15, 0.2) is 0 Å². The van der Waals surface area contributed by atoms with Crippen molar-refractivity contribution in [2.24, 2.45) is 11.5 Å². The first kappa shape index (κ1) is 40.3. The standard InChI is InChI=1S/C23H39N7O12S2/c24-4-2-1-3-11(19(37)29-14(7-31)22(40)30-15(9-44)23(41)42)26-20(38)13(6-17(34)35)28-21(39)12(5-16(32)33)27-18(36)10(25)8-43/h10-15,31,43-44H,1-9,24-25H2,(H,26,38)(H,27,36)(H,28,39)(H,29,37)(H,30,40)(H,32,33)(H,34,35)(H,41,42)/t10-,11-,12-,13-,14-,15-/m0/s1. The fraction of sp³-hybridized carbons (Fsp3) is 0.652. The van der Waals surface area contributed by atoms with Crippen LogP contribution in [0.2, 0.25) is 0 Å². The number of carbonyl (C=O) groups excluding carboxylic acids is 5. The van der Waals surface area contributed by atoms with Gasteiger partial charge in [-0.2, -0.15) is 25.3 Å². The number of rotatable bonds is 22. The Balaban J connectivity index is 5.95. The Morgan fingerprint density at radius 3 is 1.41 bits per heavy atom. The van der Waals surface area contributed by atoms with E-state index in [0.717, 1.165) is 0 Å². The minimum atomic E-state index is -1.87. The maximum atomic E-state index is 13.1. The van der Waals surface area contributed by atoms with Crippen LogP contribution in [0.3, 0.4) is 0 Å². The summed E-state index contributed by atoms with van der Waals surface area (Å²) in [7, 11) is 0. The van der Waals surface area contributed by atoms with E-state index in [4.69, 9.17) is 21.7 Å². The number of carboxylic acids is 3. The van der Waals surface area contributed by atoms with Crippen molar-refractivity contribution in [2.45, 2.75) is 68.4 Å². The first-order valence-electron chi connectivity index (χ1n) is 13.1. The lowest BCUT2D eigenvalue weighted by Crippen LogP contribution is -2.60. The minimum Gasteiger partial charge on any atom is -0.481 e. The molecule has 0 radical (unpaired) electrons. The Labute approximate surface area is 262 Å². The molecule has 0 spiro atoms. The zero-order chi connectivity index (χ0) is 34.0. The third-order valence-electron chi connectivity index (χ3n) is 5.75. The molecule has 0 bridgehead atoms. The summed E-state index contributed by atoms with van der Waals surface area (Å²) in [5.41, 5.74) is 11.0. The van der Waals surface area contributed by atoms with E-state index in [1.165, 1.54) is 0 Å². The van der Waals surface area contributed by atoms with Gasteiger partial charge in [0.25, 0.3) is 0 Å². The monoisotopic (exact) mass is 669 g/mol. The van der Waals surface area contributed by atoms with Crippen LogP contribution in [0.5, 0.6) is 0 Å². The average molecular weight is 670 g/mol. The normalized spacial score (nSPS) is 14.8. The molecule has 0 rings (SSSR count). The van der Waals surface area contributed by atoms with Crippen molar-refractivity contribution in [3.63, 3.8) is 0 Å². The van der Waals surface area contributed by atoms with E-state index >= 15 is 0 Å². The molecule has 13 N–H and O–H groups in total. The van der Waals surface area contributed by atoms with E-state index in [9.17, 15) is 48.6 Å². The van der Waals surface area contributed by atoms with Crippen LogP contribution in [0, 0.1) is 0 Å². The maximum absolute atomic E-state index is 13.1. The van der Waals surface area contributed by atoms with Gasteiger partial charge < -0.3 is 58.5 Å². The summed E-state index contributed by atoms with van der Waals surface area (Å²) in [5, 5.41) is 47.8. The zero-order valence-corrected chi connectivity index (χ0v) is 25.2. The van der Waals surface area contributed by atoms with E-state index in [2.05, 4.69) is 46.5 Å². The average Bonchev–Trinajstić information content (AvgIpc) is 2.95. The number of aliphatic hydroxyl groups excluding tert-OH is 1. The Hall–Kier alpha value is -3.66. The molecule has 0 heterocycles. The van der Waals surface area contributed by atoms with Crippen LogP contribution in [0.25, 0.3) is 0 Å². The van der Waals surface area contributed by atoms with Gasteiger partial charge in [0.05, 0.1) is 25.5 Å². The lowest BCUT2D eigenvalue weighted by molar-refractivity contribution is -0.143. The zero-order valence-electron chi connectivity index (χ0n) is 23.4. The fourth-order valence-electron chi connectivity index (χ4n) is 3.36. The van der Waals surface area contributed by atoms with Crippen LogP contribution in [-0.2, 0) is 38.4 Å². The second kappa shape index (κ2) is 21.1. The summed E-state index contributed by atoms with van der Waals surface area (Å²) in [4.78, 5) is 97.4. The SMILES string of the molecule is NCCCC[C@H](NC(=O)[C@H](CC(=O)O)NC(=O)[C@H](CC(=O)O)NC(=O)[C@@H](N)CS)C(=O)N[C@@H](CO)C(=O)N[C@@H](CS)C(=O)O. The molecule has 6 atom stereocenters. The molecule has 0 fully saturated rings. The van der Waals surface area contributed by atoms with E-state index in [0.29, 0.717) is 6.42 Å². The van der Waals surface area contributed by atoms with Crippen LogP contribution < -0.4 is 38.1 Å². The number of carbonyl (C=O) groups is 8. The van der Waals surface area contributed by atoms with Gasteiger partial charge in [-0.3, -0.25) is 33.6 Å². The molecule has 21 heteroatoms. The molecule has 0 aliphatic rings. The van der Waals surface area contributed by atoms with E-state index in [1.807, 2.05) is 5.32 Å². The third kappa shape index (κ3) is 15.2. The van der Waals surface area contributed by atoms with Crippen molar-refractivity contribution in [3.8, 4) is 0 Å². The Kier molecular flexibility index (Phi) is 19.4. The van der Waals surface area contributed by atoms with Gasteiger partial charge in [-0.05, 0) is 25.8 Å². The number of aliphatic carboxylic acids is 3. The lowest BCUT2D eigenvalue weighted by atomic mass is 10.1. The molecule has 44 heavy (non-hydrogen) atoms. The van der Waals surface area contributed by atoms with Gasteiger partial charge in [0, 0.05) is 11.5 Å². The summed E-state index contributed by atoms with van der Waals surface area (Å²) >= 11 is 7.65. The number of carboxylic acid groups (broad SMARTS) is 3. The molecular weight excluding hydrogens is 630 g/mol. The van der Waals surface area contributed by atoms with Crippen molar-refractivity contribution in [1.29, 1.82) is 0 Å². The van der Waals surface area contributed by atoms with Gasteiger partial charge in [0.15, 0.2) is 0 Å². The van der Waals surface area contributed by atoms with Crippen molar-refractivity contribution in [1.82, 2.24) is 26.6 Å². The second-order valence-corrected chi connectivity index (χ2v) is 10.0. The molecule has 5 amide bonds. The molecule has 0 aliphatic heterocycles. The minimum absolute atomic E-state index is 0.101. The number of unbranched alkanes of at least 4 members (excludes halogenated alkanes) is 1. The molecule has 0 aromatic heterocycles. The van der Waals surface area contributed by atoms with Gasteiger partial charge in [-0.1, -0.05) is 0 Å². The molecule has 0 aromatic carbocycles. The number of hydrogen-bond donors (Lipinski definition) is 13. The number of aliphatic hydroxyl groups is 1. The molecule has 0 aromatic rings. The molecule has 0 saturated carbocycles. The molecule has 19 nitrogen and oxygen atoms in total. The highest BCUT2D eigenvalue weighted by Crippen LogP contribution is 2.05. The second-order valence-electron chi connectivity index (χ2n) is 9.28. The molecule has 0 unspecified atom stereocenters. The summed E-state index contributed by atoms with van der Waals surface area (Å²) in [5.74, 6) is -10.5. The van der Waals surface area contributed by atoms with Gasteiger partial charge in [0.1, 0.15) is 30.2 Å². The predicted octanol–water partition coefficient (Wildman–Crippen LogP) is -5.25. The van der Waals surface area contributed by atoms with Crippen molar-refractivity contribution in [2.75, 3.05) is 24.7 Å². The van der Waals surface area contributed by atoms with Gasteiger partial charge in [0.2, 0.25) is 29.5 Å². The van der Waals surface area contributed by atoms with Crippen molar-refractivity contribution in [3.05, 3.63) is 0 Å². The third-order valence-corrected chi connectivity index (χ3v) is 6.51. The highest BCUT2D eigenvalue weighted by atomic mass is 32.1. The fourth-order valence-corrected chi connectivity index (χ4v) is 3.77. The largest absolute Gasteiger partial charge is 0.481 e. The van der Waals surface area contributed by atoms with Crippen LogP contribution in [-0.4, -0.2) is 129 Å². The van der Waals surface area contributed by atoms with Gasteiger partial charge in [-0.25, -0.2) is 4.79 Å². The quantitative estimate of drug-likeness (QED) is 0.0378. The van der Waals surface area contributed by atoms with E-state index in [-0.39, 0.29) is 30.9 Å². The number of hydrogen-bond acceptors (Lipinski definition) is 13. The first-order chi connectivity index (χ1) is 20.6. The topological polar surface area (TPSA) is 330 Å². The van der Waals surface area contributed by atoms with Gasteiger partial charge in [-0.15, -0.1) is 0 Å². The summed E-state index contributed by atoms with van der Waals surface area (Å²) < 4.78 is 0. The Bertz CT molecular complexity index is 1050. The number of thiol groups is 2. The highest BCUT2D eigenvalue weighted by Gasteiger charge is 2.34. The van der Waals surface area contributed by atoms with E-state index in [1.54, 1.807) is 0 Å². The van der Waals surface area contributed by atoms with Crippen molar-refractivity contribution < 1.29 is 58.8 Å². The van der Waals surface area contributed by atoms with Crippen molar-refractivity contribution >= 4 is 72.7 Å². The van der Waals surface area contributed by atoms with Crippen LogP contribution in [0.1, 0.15) is 32.1 Å². The lowest BCUT2D eigenvalue weighted by Gasteiger charge is -2.26. The highest BCUT2D eigenvalue weighted by molar-refractivity contribution is 7.80. The summed E-state index contributed by atoms with van der Waals surface area (Å²) in [6.07, 6.45) is -1.45. The Morgan fingerprint density at radius 2 is 1.00 bits per heavy atom. The molecule has 0 aliphatic carbocycles. The van der Waals surface area contributed by atoms with Crippen LogP contribution >= 0.6 is 25.3 Å².